The van der Waals surface area contributed by atoms with Crippen LogP contribution in [-0.4, -0.2) is 4.92 Å². The molecule has 0 amide bonds. The second-order valence-electron chi connectivity index (χ2n) is 3.38. The number of para-hydroxylation sites is 1. The molecule has 0 radical (unpaired) electrons. The van der Waals surface area contributed by atoms with Gasteiger partial charge in [-0.2, -0.15) is 4.39 Å². The van der Waals surface area contributed by atoms with Gasteiger partial charge in [0.1, 0.15) is 5.75 Å². The van der Waals surface area contributed by atoms with E-state index in [1.165, 1.54) is 12.1 Å². The smallest absolute Gasteiger partial charge is 0.314 e. The summed E-state index contributed by atoms with van der Waals surface area (Å²) in [6, 6.07) is 9.42. The molecule has 0 fully saturated rings. The lowest BCUT2D eigenvalue weighted by Crippen LogP contribution is -1.98. The first-order valence-electron chi connectivity index (χ1n) is 4.95. The molecule has 2 aromatic carbocycles. The Morgan fingerprint density at radius 2 is 1.72 bits per heavy atom. The van der Waals surface area contributed by atoms with E-state index in [2.05, 4.69) is 0 Å². The van der Waals surface area contributed by atoms with Gasteiger partial charge in [-0.05, 0) is 18.2 Å². The van der Waals surface area contributed by atoms with Crippen molar-refractivity contribution >= 4 is 5.69 Å². The fourth-order valence-electron chi connectivity index (χ4n) is 1.37. The molecule has 0 aromatic heterocycles. The highest BCUT2D eigenvalue weighted by molar-refractivity contribution is 5.49. The fraction of sp³-hybridized carbons (Fsp3) is 0. The van der Waals surface area contributed by atoms with E-state index in [1.54, 1.807) is 18.2 Å². The first-order valence-corrected chi connectivity index (χ1v) is 4.95. The van der Waals surface area contributed by atoms with Crippen LogP contribution in [0, 0.1) is 21.7 Å². The van der Waals surface area contributed by atoms with E-state index in [1.807, 2.05) is 0 Å². The van der Waals surface area contributed by atoms with Crippen LogP contribution in [0.5, 0.6) is 11.5 Å². The molecule has 0 saturated heterocycles. The number of rotatable bonds is 3. The summed E-state index contributed by atoms with van der Waals surface area (Å²) in [5, 5.41) is 10.7. The zero-order valence-electron chi connectivity index (χ0n) is 8.97. The zero-order chi connectivity index (χ0) is 13.1. The van der Waals surface area contributed by atoms with Gasteiger partial charge in [-0.25, -0.2) is 4.39 Å². The minimum absolute atomic E-state index is 0.185. The van der Waals surface area contributed by atoms with Gasteiger partial charge >= 0.3 is 5.69 Å². The van der Waals surface area contributed by atoms with Crippen molar-refractivity contribution in [2.75, 3.05) is 0 Å². The first-order chi connectivity index (χ1) is 8.59. The molecule has 0 atom stereocenters. The Hall–Kier alpha value is -2.50. The first kappa shape index (κ1) is 12.0. The summed E-state index contributed by atoms with van der Waals surface area (Å²) in [7, 11) is 0. The molecule has 0 aliphatic rings. The summed E-state index contributed by atoms with van der Waals surface area (Å²) in [6.45, 7) is 0. The largest absolute Gasteiger partial charge is 0.447 e. The van der Waals surface area contributed by atoms with E-state index in [0.29, 0.717) is 6.07 Å². The van der Waals surface area contributed by atoms with Crippen LogP contribution in [0.2, 0.25) is 0 Å². The molecule has 6 heteroatoms. The minimum atomic E-state index is -1.38. The summed E-state index contributed by atoms with van der Waals surface area (Å²) < 4.78 is 31.6. The average molecular weight is 251 g/mol. The van der Waals surface area contributed by atoms with Gasteiger partial charge in [0.2, 0.25) is 11.6 Å². The number of nitrogens with zero attached hydrogens (tertiary/aromatic N) is 1. The lowest BCUT2D eigenvalue weighted by Gasteiger charge is -2.07. The minimum Gasteiger partial charge on any atom is -0.447 e. The summed E-state index contributed by atoms with van der Waals surface area (Å²) in [5.41, 5.74) is -0.627. The number of benzene rings is 2. The van der Waals surface area contributed by atoms with Gasteiger partial charge in [-0.1, -0.05) is 18.2 Å². The van der Waals surface area contributed by atoms with Crippen molar-refractivity contribution in [1.82, 2.24) is 0 Å². The van der Waals surface area contributed by atoms with Gasteiger partial charge in [0, 0.05) is 6.07 Å². The molecule has 92 valence electrons. The Bertz CT molecular complexity index is 587. The van der Waals surface area contributed by atoms with Gasteiger partial charge in [0.15, 0.2) is 5.82 Å². The summed E-state index contributed by atoms with van der Waals surface area (Å²) >= 11 is 0. The summed E-state index contributed by atoms with van der Waals surface area (Å²) in [4.78, 5) is 9.88. The normalized spacial score (nSPS) is 10.1. The van der Waals surface area contributed by atoms with Gasteiger partial charge in [-0.3, -0.25) is 10.1 Å². The van der Waals surface area contributed by atoms with Crippen molar-refractivity contribution in [3.63, 3.8) is 0 Å². The van der Waals surface area contributed by atoms with Crippen molar-refractivity contribution in [3.05, 3.63) is 64.2 Å². The Morgan fingerprint density at radius 3 is 2.33 bits per heavy atom. The van der Waals surface area contributed by atoms with Crippen molar-refractivity contribution < 1.29 is 18.4 Å². The number of nitro benzene ring substituents is 1. The maximum absolute atomic E-state index is 13.5. The highest BCUT2D eigenvalue weighted by Gasteiger charge is 2.23. The molecule has 4 nitrogen and oxygen atoms in total. The number of nitro groups is 1. The van der Waals surface area contributed by atoms with E-state index in [4.69, 9.17) is 4.74 Å². The Labute approximate surface area is 101 Å². The maximum atomic E-state index is 13.5. The molecule has 0 aliphatic carbocycles. The molecule has 0 bridgehead atoms. The Morgan fingerprint density at radius 1 is 1.06 bits per heavy atom. The van der Waals surface area contributed by atoms with E-state index in [0.717, 1.165) is 6.07 Å². The second-order valence-corrected chi connectivity index (χ2v) is 3.38. The van der Waals surface area contributed by atoms with Crippen LogP contribution >= 0.6 is 0 Å². The lowest BCUT2D eigenvalue weighted by molar-refractivity contribution is -0.385. The van der Waals surface area contributed by atoms with Crippen LogP contribution < -0.4 is 4.74 Å². The highest BCUT2D eigenvalue weighted by atomic mass is 19.2. The number of halogens is 2. The van der Waals surface area contributed by atoms with Gasteiger partial charge in [0.05, 0.1) is 4.92 Å². The molecular weight excluding hydrogens is 244 g/mol. The number of hydrogen-bond acceptors (Lipinski definition) is 3. The second kappa shape index (κ2) is 4.79. The SMILES string of the molecule is O=[N+]([O-])c1ccc(F)c(F)c1Oc1ccccc1. The molecule has 2 aromatic rings. The monoisotopic (exact) mass is 251 g/mol. The molecule has 18 heavy (non-hydrogen) atoms. The molecule has 0 N–H and O–H groups in total. The number of hydrogen-bond donors (Lipinski definition) is 0. The third kappa shape index (κ3) is 2.27. The molecule has 0 heterocycles. The van der Waals surface area contributed by atoms with Crippen LogP contribution in [0.3, 0.4) is 0 Å². The van der Waals surface area contributed by atoms with Crippen molar-refractivity contribution in [2.24, 2.45) is 0 Å². The van der Waals surface area contributed by atoms with Crippen molar-refractivity contribution in [1.29, 1.82) is 0 Å². The third-order valence-electron chi connectivity index (χ3n) is 2.19. The van der Waals surface area contributed by atoms with E-state index in [-0.39, 0.29) is 5.75 Å². The number of ether oxygens (including phenoxy) is 1. The van der Waals surface area contributed by atoms with Crippen LogP contribution in [0.25, 0.3) is 0 Å². The Balaban J connectivity index is 2.48. The molecule has 0 saturated carbocycles. The maximum Gasteiger partial charge on any atom is 0.314 e. The average Bonchev–Trinajstić information content (AvgIpc) is 2.36. The van der Waals surface area contributed by atoms with Gasteiger partial charge < -0.3 is 4.74 Å². The van der Waals surface area contributed by atoms with Gasteiger partial charge in [0.25, 0.3) is 0 Å². The summed E-state index contributed by atoms with van der Waals surface area (Å²) in [5.74, 6) is -3.13. The standard InChI is InChI=1S/C12H7F2NO3/c13-9-6-7-10(15(16)17)12(11(9)14)18-8-4-2-1-3-5-8/h1-7H. The molecule has 2 rings (SSSR count). The quantitative estimate of drug-likeness (QED) is 0.617. The van der Waals surface area contributed by atoms with Gasteiger partial charge in [-0.15, -0.1) is 0 Å². The fourth-order valence-corrected chi connectivity index (χ4v) is 1.37. The zero-order valence-corrected chi connectivity index (χ0v) is 8.97. The van der Waals surface area contributed by atoms with E-state index < -0.39 is 28.0 Å². The predicted molar refractivity (Wildman–Crippen MR) is 59.5 cm³/mol. The van der Waals surface area contributed by atoms with Crippen molar-refractivity contribution in [3.8, 4) is 11.5 Å². The van der Waals surface area contributed by atoms with Crippen LogP contribution in [0.1, 0.15) is 0 Å². The topological polar surface area (TPSA) is 52.4 Å². The molecule has 0 spiro atoms. The van der Waals surface area contributed by atoms with E-state index in [9.17, 15) is 18.9 Å². The van der Waals surface area contributed by atoms with E-state index >= 15 is 0 Å². The van der Waals surface area contributed by atoms with Crippen molar-refractivity contribution in [2.45, 2.75) is 0 Å². The molecular formula is C12H7F2NO3. The lowest BCUT2D eigenvalue weighted by atomic mass is 10.2. The third-order valence-corrected chi connectivity index (χ3v) is 2.19. The predicted octanol–water partition coefficient (Wildman–Crippen LogP) is 3.67. The molecule has 0 aliphatic heterocycles. The highest BCUT2D eigenvalue weighted by Crippen LogP contribution is 2.34. The molecule has 0 unspecified atom stereocenters. The Kier molecular flexibility index (Phi) is 3.18. The summed E-state index contributed by atoms with van der Waals surface area (Å²) in [6.07, 6.45) is 0. The van der Waals surface area contributed by atoms with Crippen LogP contribution in [0.4, 0.5) is 14.5 Å². The van der Waals surface area contributed by atoms with Crippen LogP contribution in [0.15, 0.2) is 42.5 Å². The van der Waals surface area contributed by atoms with Crippen LogP contribution in [-0.2, 0) is 0 Å².